The Morgan fingerprint density at radius 3 is 2.75 bits per heavy atom. The summed E-state index contributed by atoms with van der Waals surface area (Å²) in [4.78, 5) is 16.8. The smallest absolute Gasteiger partial charge is 0.239 e. The molecule has 0 spiro atoms. The predicted octanol–water partition coefficient (Wildman–Crippen LogP) is 4.77. The number of hydrogen-bond acceptors (Lipinski definition) is 6. The molecule has 1 N–H and O–H groups in total. The number of pyridine rings is 1. The summed E-state index contributed by atoms with van der Waals surface area (Å²) in [7, 11) is 0. The van der Waals surface area contributed by atoms with Gasteiger partial charge in [0.15, 0.2) is 15.9 Å². The highest BCUT2D eigenvalue weighted by molar-refractivity contribution is 8.00. The van der Waals surface area contributed by atoms with Crippen LogP contribution in [0.25, 0.3) is 16.6 Å². The van der Waals surface area contributed by atoms with Crippen molar-refractivity contribution in [2.24, 2.45) is 0 Å². The first-order chi connectivity index (χ1) is 13.5. The number of fused-ring (bicyclic) bond motifs is 3. The average molecular weight is 412 g/mol. The second-order valence-corrected chi connectivity index (χ2v) is 8.89. The number of benzene rings is 1. The molecule has 6 nitrogen and oxygen atoms in total. The molecular formula is C20H21N5OS2. The second kappa shape index (κ2) is 7.52. The first-order valence-corrected chi connectivity index (χ1v) is 10.9. The van der Waals surface area contributed by atoms with E-state index in [2.05, 4.69) is 63.9 Å². The Kier molecular flexibility index (Phi) is 5.07. The predicted molar refractivity (Wildman–Crippen MR) is 115 cm³/mol. The number of carbonyl (C=O) groups is 1. The standard InChI is InChI=1S/C20H21N5OS2/c1-5-15(18(26)22-19-21-6-7-27-19)28-20-24-23-16-10-12(3)14-9-11(2)8-13(4)17(14)25(16)20/h6-10,15H,5H2,1-4H3,(H,21,22,26). The van der Waals surface area contributed by atoms with Gasteiger partial charge in [-0.05, 0) is 50.5 Å². The molecule has 0 radical (unpaired) electrons. The summed E-state index contributed by atoms with van der Waals surface area (Å²) in [6, 6.07) is 6.41. The number of nitrogens with one attached hydrogen (secondary N) is 1. The fourth-order valence-corrected chi connectivity index (χ4v) is 4.91. The fraction of sp³-hybridized carbons (Fsp3) is 0.300. The Morgan fingerprint density at radius 2 is 2.04 bits per heavy atom. The van der Waals surface area contributed by atoms with E-state index < -0.39 is 0 Å². The van der Waals surface area contributed by atoms with E-state index in [1.165, 1.54) is 45.2 Å². The normalized spacial score (nSPS) is 12.6. The van der Waals surface area contributed by atoms with Crippen molar-refractivity contribution in [3.63, 3.8) is 0 Å². The molecule has 8 heteroatoms. The fourth-order valence-electron chi connectivity index (χ4n) is 3.41. The van der Waals surface area contributed by atoms with Crippen LogP contribution in [-0.2, 0) is 4.79 Å². The van der Waals surface area contributed by atoms with E-state index in [1.807, 2.05) is 12.3 Å². The highest BCUT2D eigenvalue weighted by atomic mass is 32.2. The summed E-state index contributed by atoms with van der Waals surface area (Å²) in [5.41, 5.74) is 5.47. The van der Waals surface area contributed by atoms with E-state index >= 15 is 0 Å². The van der Waals surface area contributed by atoms with Gasteiger partial charge >= 0.3 is 0 Å². The van der Waals surface area contributed by atoms with Crippen LogP contribution in [0.15, 0.2) is 34.9 Å². The van der Waals surface area contributed by atoms with Crippen LogP contribution in [-0.4, -0.2) is 30.7 Å². The van der Waals surface area contributed by atoms with E-state index in [9.17, 15) is 4.79 Å². The molecule has 28 heavy (non-hydrogen) atoms. The first kappa shape index (κ1) is 18.9. The number of hydrogen-bond donors (Lipinski definition) is 1. The summed E-state index contributed by atoms with van der Waals surface area (Å²) in [6.07, 6.45) is 2.36. The maximum absolute atomic E-state index is 12.7. The van der Waals surface area contributed by atoms with Crippen LogP contribution in [0.4, 0.5) is 5.13 Å². The minimum Gasteiger partial charge on any atom is -0.301 e. The third-order valence-electron chi connectivity index (χ3n) is 4.67. The quantitative estimate of drug-likeness (QED) is 0.479. The Bertz CT molecular complexity index is 1170. The molecule has 4 rings (SSSR count). The van der Waals surface area contributed by atoms with Gasteiger partial charge in [0.25, 0.3) is 0 Å². The van der Waals surface area contributed by atoms with Gasteiger partial charge in [-0.15, -0.1) is 21.5 Å². The minimum absolute atomic E-state index is 0.0665. The molecule has 3 heterocycles. The zero-order valence-corrected chi connectivity index (χ0v) is 17.8. The number of aryl methyl sites for hydroxylation is 3. The second-order valence-electron chi connectivity index (χ2n) is 6.82. The lowest BCUT2D eigenvalue weighted by molar-refractivity contribution is -0.115. The van der Waals surface area contributed by atoms with Crippen LogP contribution < -0.4 is 5.32 Å². The maximum atomic E-state index is 12.7. The number of rotatable bonds is 5. The van der Waals surface area contributed by atoms with Crippen molar-refractivity contribution in [3.05, 3.63) is 46.5 Å². The number of nitrogens with zero attached hydrogens (tertiary/aromatic N) is 4. The Labute approximate surface area is 171 Å². The number of amides is 1. The molecule has 0 bridgehead atoms. The van der Waals surface area contributed by atoms with Crippen molar-refractivity contribution in [1.82, 2.24) is 19.6 Å². The Balaban J connectivity index is 1.76. The van der Waals surface area contributed by atoms with E-state index in [0.717, 1.165) is 16.3 Å². The van der Waals surface area contributed by atoms with Crippen LogP contribution in [0, 0.1) is 20.8 Å². The minimum atomic E-state index is -0.279. The van der Waals surface area contributed by atoms with Gasteiger partial charge in [0, 0.05) is 17.0 Å². The molecule has 0 aliphatic rings. The lowest BCUT2D eigenvalue weighted by atomic mass is 10.0. The van der Waals surface area contributed by atoms with Crippen LogP contribution in [0.2, 0.25) is 0 Å². The zero-order valence-electron chi connectivity index (χ0n) is 16.2. The SMILES string of the molecule is CCC(Sc1nnc2cc(C)c3cc(C)cc(C)c3n12)C(=O)Nc1nccs1. The van der Waals surface area contributed by atoms with Gasteiger partial charge < -0.3 is 5.32 Å². The number of aromatic nitrogens is 4. The van der Waals surface area contributed by atoms with Gasteiger partial charge in [-0.3, -0.25) is 9.20 Å². The van der Waals surface area contributed by atoms with E-state index in [1.54, 1.807) is 6.20 Å². The van der Waals surface area contributed by atoms with Crippen molar-refractivity contribution in [2.45, 2.75) is 44.5 Å². The van der Waals surface area contributed by atoms with Crippen LogP contribution >= 0.6 is 23.1 Å². The Hall–Kier alpha value is -2.45. The average Bonchev–Trinajstić information content (AvgIpc) is 3.29. The molecule has 0 saturated carbocycles. The van der Waals surface area contributed by atoms with Crippen molar-refractivity contribution in [2.75, 3.05) is 5.32 Å². The summed E-state index contributed by atoms with van der Waals surface area (Å²) in [5, 5.41) is 15.7. The number of anilines is 1. The molecule has 4 aromatic rings. The third kappa shape index (κ3) is 3.38. The molecule has 0 saturated heterocycles. The van der Waals surface area contributed by atoms with Gasteiger partial charge in [0.1, 0.15) is 0 Å². The molecule has 1 amide bonds. The highest BCUT2D eigenvalue weighted by Crippen LogP contribution is 2.31. The molecule has 0 aliphatic carbocycles. The molecule has 3 aromatic heterocycles. The largest absolute Gasteiger partial charge is 0.301 e. The molecule has 0 aliphatic heterocycles. The molecular weight excluding hydrogens is 390 g/mol. The van der Waals surface area contributed by atoms with Gasteiger partial charge in [-0.1, -0.05) is 30.3 Å². The van der Waals surface area contributed by atoms with Gasteiger partial charge in [-0.2, -0.15) is 0 Å². The maximum Gasteiger partial charge on any atom is 0.239 e. The van der Waals surface area contributed by atoms with E-state index in [0.29, 0.717) is 11.6 Å². The summed E-state index contributed by atoms with van der Waals surface area (Å²) in [6.45, 7) is 8.31. The summed E-state index contributed by atoms with van der Waals surface area (Å²) >= 11 is 2.85. The lowest BCUT2D eigenvalue weighted by Crippen LogP contribution is -2.24. The van der Waals surface area contributed by atoms with E-state index in [4.69, 9.17) is 0 Å². The number of thiazole rings is 1. The van der Waals surface area contributed by atoms with Crippen molar-refractivity contribution >= 4 is 50.7 Å². The zero-order chi connectivity index (χ0) is 19.8. The Morgan fingerprint density at radius 1 is 1.21 bits per heavy atom. The number of thioether (sulfide) groups is 1. The molecule has 1 aromatic carbocycles. The van der Waals surface area contributed by atoms with Crippen molar-refractivity contribution < 1.29 is 4.79 Å². The molecule has 0 fully saturated rings. The van der Waals surface area contributed by atoms with E-state index in [-0.39, 0.29) is 11.2 Å². The van der Waals surface area contributed by atoms with Crippen LogP contribution in [0.3, 0.4) is 0 Å². The summed E-state index contributed by atoms with van der Waals surface area (Å²) < 4.78 is 2.07. The van der Waals surface area contributed by atoms with Crippen LogP contribution in [0.1, 0.15) is 30.0 Å². The highest BCUT2D eigenvalue weighted by Gasteiger charge is 2.23. The number of carbonyl (C=O) groups excluding carboxylic acids is 1. The monoisotopic (exact) mass is 411 g/mol. The molecule has 1 unspecified atom stereocenters. The topological polar surface area (TPSA) is 72.2 Å². The third-order valence-corrected chi connectivity index (χ3v) is 6.67. The van der Waals surface area contributed by atoms with Gasteiger partial charge in [0.2, 0.25) is 5.91 Å². The molecule has 1 atom stereocenters. The van der Waals surface area contributed by atoms with Crippen molar-refractivity contribution in [3.8, 4) is 0 Å². The molecule has 144 valence electrons. The van der Waals surface area contributed by atoms with Gasteiger partial charge in [-0.25, -0.2) is 4.98 Å². The van der Waals surface area contributed by atoms with Crippen molar-refractivity contribution in [1.29, 1.82) is 0 Å². The first-order valence-electron chi connectivity index (χ1n) is 9.10. The van der Waals surface area contributed by atoms with Gasteiger partial charge in [0.05, 0.1) is 10.8 Å². The summed E-state index contributed by atoms with van der Waals surface area (Å²) in [5.74, 6) is -0.0665. The lowest BCUT2D eigenvalue weighted by Gasteiger charge is -2.14. The van der Waals surface area contributed by atoms with Crippen LogP contribution in [0.5, 0.6) is 0 Å².